The number of hydrogen-bond donors (Lipinski definition) is 0. The second-order valence-electron chi connectivity index (χ2n) is 5.52. The van der Waals surface area contributed by atoms with Gasteiger partial charge in [0.25, 0.3) is 10.0 Å². The zero-order valence-corrected chi connectivity index (χ0v) is 13.1. The molecule has 4 nitrogen and oxygen atoms in total. The van der Waals surface area contributed by atoms with Gasteiger partial charge in [0, 0.05) is 18.8 Å². The largest absolute Gasteiger partial charge is 0.260 e. The van der Waals surface area contributed by atoms with Crippen LogP contribution in [-0.4, -0.2) is 30.3 Å². The Hall–Kier alpha value is -1.86. The van der Waals surface area contributed by atoms with Crippen LogP contribution in [0.15, 0.2) is 47.6 Å². The molecule has 1 fully saturated rings. The monoisotopic (exact) mass is 338 g/mol. The molecule has 0 bridgehead atoms. The van der Waals surface area contributed by atoms with E-state index in [4.69, 9.17) is 0 Å². The lowest BCUT2D eigenvalue weighted by molar-refractivity contribution is 0.380. The Bertz CT molecular complexity index is 797. The predicted molar refractivity (Wildman–Crippen MR) is 81.2 cm³/mol. The van der Waals surface area contributed by atoms with Crippen LogP contribution in [0, 0.1) is 11.6 Å². The molecule has 2 heterocycles. The van der Waals surface area contributed by atoms with Crippen molar-refractivity contribution in [1.82, 2.24) is 9.29 Å². The smallest absolute Gasteiger partial charge is 0.243 e. The van der Waals surface area contributed by atoms with Crippen LogP contribution >= 0.6 is 0 Å². The van der Waals surface area contributed by atoms with Crippen molar-refractivity contribution in [3.63, 3.8) is 0 Å². The molecule has 0 radical (unpaired) electrons. The molecule has 1 saturated heterocycles. The van der Waals surface area contributed by atoms with E-state index in [1.807, 2.05) is 0 Å². The fourth-order valence-electron chi connectivity index (χ4n) is 2.90. The summed E-state index contributed by atoms with van der Waals surface area (Å²) in [6.45, 7) is 0.362. The number of pyridine rings is 1. The molecule has 0 spiro atoms. The van der Waals surface area contributed by atoms with E-state index in [0.29, 0.717) is 19.4 Å². The van der Waals surface area contributed by atoms with Crippen molar-refractivity contribution < 1.29 is 17.2 Å². The van der Waals surface area contributed by atoms with Crippen molar-refractivity contribution in [2.45, 2.75) is 30.3 Å². The lowest BCUT2D eigenvalue weighted by Gasteiger charge is -2.23. The van der Waals surface area contributed by atoms with Crippen LogP contribution in [-0.2, 0) is 16.4 Å². The van der Waals surface area contributed by atoms with Crippen LogP contribution in [0.1, 0.15) is 18.4 Å². The van der Waals surface area contributed by atoms with Gasteiger partial charge in [0.2, 0.25) is 0 Å². The maximum Gasteiger partial charge on any atom is 0.260 e. The average Bonchev–Trinajstić information content (AvgIpc) is 3.01. The van der Waals surface area contributed by atoms with E-state index in [1.54, 1.807) is 12.1 Å². The third-order valence-corrected chi connectivity index (χ3v) is 5.87. The zero-order chi connectivity index (χ0) is 16.4. The maximum absolute atomic E-state index is 13.8. The predicted octanol–water partition coefficient (Wildman–Crippen LogP) is 2.76. The molecule has 1 aromatic heterocycles. The van der Waals surface area contributed by atoms with Crippen LogP contribution in [0.5, 0.6) is 0 Å². The summed E-state index contributed by atoms with van der Waals surface area (Å²) in [6.07, 6.45) is 2.87. The number of sulfonamides is 1. The van der Waals surface area contributed by atoms with Crippen LogP contribution in [0.4, 0.5) is 8.78 Å². The Kier molecular flexibility index (Phi) is 4.41. The number of hydrogen-bond acceptors (Lipinski definition) is 3. The van der Waals surface area contributed by atoms with E-state index < -0.39 is 27.7 Å². The number of rotatable bonds is 4. The number of halogens is 2. The molecule has 2 aromatic rings. The Morgan fingerprint density at radius 1 is 1.22 bits per heavy atom. The third-order valence-electron chi connectivity index (χ3n) is 4.00. The molecule has 0 aliphatic carbocycles. The van der Waals surface area contributed by atoms with E-state index in [-0.39, 0.29) is 17.0 Å². The van der Waals surface area contributed by atoms with Crippen molar-refractivity contribution in [2.24, 2.45) is 0 Å². The van der Waals surface area contributed by atoms with Gasteiger partial charge >= 0.3 is 0 Å². The quantitative estimate of drug-likeness (QED) is 0.861. The molecule has 7 heteroatoms. The molecule has 1 aliphatic heterocycles. The van der Waals surface area contributed by atoms with E-state index in [9.17, 15) is 17.2 Å². The highest BCUT2D eigenvalue weighted by Crippen LogP contribution is 2.28. The van der Waals surface area contributed by atoms with Crippen LogP contribution in [0.3, 0.4) is 0 Å². The van der Waals surface area contributed by atoms with E-state index in [2.05, 4.69) is 4.98 Å². The summed E-state index contributed by atoms with van der Waals surface area (Å²) in [4.78, 5) is 3.90. The first kappa shape index (κ1) is 16.0. The average molecular weight is 338 g/mol. The number of benzene rings is 1. The SMILES string of the molecule is O=S(=O)(c1ccccn1)N1CCCC1Cc1cc(F)ccc1F. The summed E-state index contributed by atoms with van der Waals surface area (Å²) >= 11 is 0. The Balaban J connectivity index is 1.87. The zero-order valence-electron chi connectivity index (χ0n) is 12.3. The van der Waals surface area contributed by atoms with E-state index in [1.165, 1.54) is 16.6 Å². The van der Waals surface area contributed by atoms with E-state index >= 15 is 0 Å². The molecule has 1 unspecified atom stereocenters. The van der Waals surface area contributed by atoms with Gasteiger partial charge in [-0.1, -0.05) is 6.07 Å². The Morgan fingerprint density at radius 3 is 2.78 bits per heavy atom. The molecule has 0 saturated carbocycles. The highest BCUT2D eigenvalue weighted by Gasteiger charge is 2.36. The minimum atomic E-state index is -3.72. The maximum atomic E-state index is 13.8. The summed E-state index contributed by atoms with van der Waals surface area (Å²) in [5.74, 6) is -1.05. The first-order valence-electron chi connectivity index (χ1n) is 7.35. The number of aromatic nitrogens is 1. The molecular weight excluding hydrogens is 322 g/mol. The highest BCUT2D eigenvalue weighted by molar-refractivity contribution is 7.89. The standard InChI is InChI=1S/C16H16F2N2O2S/c17-13-6-7-15(18)12(10-13)11-14-4-3-9-20(14)23(21,22)16-5-1-2-8-19-16/h1-2,5-8,10,14H,3-4,9,11H2. The van der Waals surface area contributed by atoms with Crippen molar-refractivity contribution in [3.05, 3.63) is 59.8 Å². The Labute approximate surface area is 133 Å². The molecule has 0 amide bonds. The highest BCUT2D eigenvalue weighted by atomic mass is 32.2. The lowest BCUT2D eigenvalue weighted by Crippen LogP contribution is -2.37. The van der Waals surface area contributed by atoms with E-state index in [0.717, 1.165) is 18.2 Å². The summed E-state index contributed by atoms with van der Waals surface area (Å²) < 4.78 is 53.8. The van der Waals surface area contributed by atoms with Crippen LogP contribution < -0.4 is 0 Å². The van der Waals surface area contributed by atoms with Crippen molar-refractivity contribution in [2.75, 3.05) is 6.54 Å². The molecule has 1 aliphatic rings. The lowest BCUT2D eigenvalue weighted by atomic mass is 10.0. The molecule has 3 rings (SSSR count). The van der Waals surface area contributed by atoms with Crippen LogP contribution in [0.2, 0.25) is 0 Å². The summed E-state index contributed by atoms with van der Waals surface area (Å²) in [5, 5.41) is -0.0217. The second-order valence-corrected chi connectivity index (χ2v) is 7.36. The summed E-state index contributed by atoms with van der Waals surface area (Å²) in [6, 6.07) is 7.54. The fourth-order valence-corrected chi connectivity index (χ4v) is 4.53. The van der Waals surface area contributed by atoms with Gasteiger partial charge in [-0.3, -0.25) is 0 Å². The van der Waals surface area contributed by atoms with Gasteiger partial charge in [-0.2, -0.15) is 4.31 Å². The summed E-state index contributed by atoms with van der Waals surface area (Å²) in [7, 11) is -3.72. The third kappa shape index (κ3) is 3.25. The minimum Gasteiger partial charge on any atom is -0.243 e. The fraction of sp³-hybridized carbons (Fsp3) is 0.312. The van der Waals surface area contributed by atoms with Gasteiger partial charge in [-0.25, -0.2) is 22.2 Å². The molecule has 23 heavy (non-hydrogen) atoms. The Morgan fingerprint density at radius 2 is 2.04 bits per heavy atom. The number of nitrogens with zero attached hydrogens (tertiary/aromatic N) is 2. The van der Waals surface area contributed by atoms with Gasteiger partial charge in [-0.05, 0) is 55.2 Å². The molecule has 1 aromatic carbocycles. The first-order valence-corrected chi connectivity index (χ1v) is 8.79. The van der Waals surface area contributed by atoms with Gasteiger partial charge in [0.1, 0.15) is 11.6 Å². The molecule has 122 valence electrons. The van der Waals surface area contributed by atoms with Gasteiger partial charge in [-0.15, -0.1) is 0 Å². The first-order chi connectivity index (χ1) is 11.0. The molecular formula is C16H16F2N2O2S. The van der Waals surface area contributed by atoms with Gasteiger partial charge < -0.3 is 0 Å². The van der Waals surface area contributed by atoms with Gasteiger partial charge in [0.05, 0.1) is 0 Å². The van der Waals surface area contributed by atoms with Crippen molar-refractivity contribution >= 4 is 10.0 Å². The summed E-state index contributed by atoms with van der Waals surface area (Å²) in [5.41, 5.74) is 0.193. The topological polar surface area (TPSA) is 50.3 Å². The van der Waals surface area contributed by atoms with Crippen LogP contribution in [0.25, 0.3) is 0 Å². The van der Waals surface area contributed by atoms with Crippen molar-refractivity contribution in [3.8, 4) is 0 Å². The second kappa shape index (κ2) is 6.33. The molecule has 1 atom stereocenters. The minimum absolute atomic E-state index is 0.0217. The van der Waals surface area contributed by atoms with Crippen molar-refractivity contribution in [1.29, 1.82) is 0 Å². The molecule has 0 N–H and O–H groups in total. The van der Waals surface area contributed by atoms with Gasteiger partial charge in [0.15, 0.2) is 5.03 Å². The normalized spacial score (nSPS) is 19.1.